The van der Waals surface area contributed by atoms with Gasteiger partial charge in [-0.2, -0.15) is 0 Å². The van der Waals surface area contributed by atoms with Gasteiger partial charge in [0.15, 0.2) is 24.5 Å². The first kappa shape index (κ1) is 31.6. The quantitative estimate of drug-likeness (QED) is 0.207. The Labute approximate surface area is 261 Å². The van der Waals surface area contributed by atoms with Crippen LogP contribution in [0.2, 0.25) is 0 Å². The maximum Gasteiger partial charge on any atom is 0.338 e. The zero-order chi connectivity index (χ0) is 32.8. The lowest BCUT2D eigenvalue weighted by Gasteiger charge is -2.28. The van der Waals surface area contributed by atoms with Gasteiger partial charge in [-0.05, 0) is 43.3 Å². The van der Waals surface area contributed by atoms with Gasteiger partial charge in [0, 0.05) is 17.3 Å². The van der Waals surface area contributed by atoms with Crippen LogP contribution in [-0.4, -0.2) is 64.8 Å². The predicted octanol–water partition coefficient (Wildman–Crippen LogP) is 2.17. The minimum atomic E-state index is -1.63. The number of carbonyl (C=O) groups excluding carboxylic acids is 4. The monoisotopic (exact) mass is 627 g/mol. The number of nitrogens with zero attached hydrogens (tertiary/aromatic N) is 1. The molecule has 236 valence electrons. The minimum Gasteiger partial charge on any atom is -0.467 e. The molecule has 2 heterocycles. The van der Waals surface area contributed by atoms with E-state index in [0.717, 1.165) is 11.7 Å². The Morgan fingerprint density at radius 2 is 1.28 bits per heavy atom. The number of aryl methyl sites for hydroxylation is 1. The molecule has 1 aliphatic heterocycles. The predicted molar refractivity (Wildman–Crippen MR) is 161 cm³/mol. The van der Waals surface area contributed by atoms with Gasteiger partial charge in [-0.25, -0.2) is 19.2 Å². The maximum atomic E-state index is 13.4. The number of benzene rings is 3. The first-order valence-electron chi connectivity index (χ1n) is 14.1. The van der Waals surface area contributed by atoms with Crippen molar-refractivity contribution in [2.24, 2.45) is 0 Å². The molecule has 0 saturated carbocycles. The van der Waals surface area contributed by atoms with Crippen LogP contribution < -0.4 is 16.6 Å². The van der Waals surface area contributed by atoms with Crippen LogP contribution in [0.15, 0.2) is 107 Å². The second kappa shape index (κ2) is 13.9. The van der Waals surface area contributed by atoms with Gasteiger partial charge in [-0.1, -0.05) is 54.6 Å². The topological polar surface area (TPSA) is 172 Å². The first-order chi connectivity index (χ1) is 22.2. The van der Waals surface area contributed by atoms with Gasteiger partial charge >= 0.3 is 23.6 Å². The van der Waals surface area contributed by atoms with E-state index in [1.807, 2.05) is 0 Å². The lowest BCUT2D eigenvalue weighted by Crippen LogP contribution is -2.54. The van der Waals surface area contributed by atoms with Crippen LogP contribution in [0.5, 0.6) is 0 Å². The Morgan fingerprint density at radius 1 is 0.783 bits per heavy atom. The number of amides is 1. The zero-order valence-electron chi connectivity index (χ0n) is 24.7. The Hall–Kier alpha value is -5.82. The molecule has 1 saturated heterocycles. The molecule has 5 atom stereocenters. The molecule has 4 aromatic rings. The number of hydrogen-bond acceptors (Lipinski definition) is 10. The smallest absolute Gasteiger partial charge is 0.338 e. The fourth-order valence-electron chi connectivity index (χ4n) is 4.94. The average Bonchev–Trinajstić information content (AvgIpc) is 3.42. The lowest BCUT2D eigenvalue weighted by molar-refractivity contribution is -0.149. The van der Waals surface area contributed by atoms with E-state index >= 15 is 0 Å². The van der Waals surface area contributed by atoms with E-state index in [-0.39, 0.29) is 22.3 Å². The van der Waals surface area contributed by atoms with E-state index in [9.17, 15) is 28.8 Å². The van der Waals surface area contributed by atoms with E-state index in [1.54, 1.807) is 54.6 Å². The van der Waals surface area contributed by atoms with Crippen molar-refractivity contribution in [3.05, 3.63) is 140 Å². The fraction of sp³-hybridized carbons (Fsp3) is 0.212. The summed E-state index contributed by atoms with van der Waals surface area (Å²) >= 11 is 0. The summed E-state index contributed by atoms with van der Waals surface area (Å²) in [6.45, 7) is 1.44. The molecule has 0 aliphatic carbocycles. The third-order valence-electron chi connectivity index (χ3n) is 7.26. The first-order valence-corrected chi connectivity index (χ1v) is 14.1. The summed E-state index contributed by atoms with van der Waals surface area (Å²) < 4.78 is 23.9. The molecule has 0 radical (unpaired) electrons. The number of nitrogens with one attached hydrogen (secondary N) is 2. The number of ether oxygens (including phenoxy) is 4. The number of methoxy groups -OCH3 is 1. The molecule has 3 aromatic carbocycles. The highest BCUT2D eigenvalue weighted by atomic mass is 16.6. The van der Waals surface area contributed by atoms with Gasteiger partial charge in [0.2, 0.25) is 0 Å². The highest BCUT2D eigenvalue weighted by molar-refractivity contribution is 5.97. The third kappa shape index (κ3) is 6.79. The van der Waals surface area contributed by atoms with E-state index in [0.29, 0.717) is 0 Å². The van der Waals surface area contributed by atoms with Crippen molar-refractivity contribution in [1.29, 1.82) is 0 Å². The molecule has 1 amide bonds. The van der Waals surface area contributed by atoms with Gasteiger partial charge in [0.05, 0.1) is 18.2 Å². The molecule has 0 spiro atoms. The number of rotatable bonds is 9. The van der Waals surface area contributed by atoms with Crippen LogP contribution in [0.3, 0.4) is 0 Å². The molecular weight excluding hydrogens is 598 g/mol. The summed E-state index contributed by atoms with van der Waals surface area (Å²) in [6, 6.07) is 22.1. The summed E-state index contributed by atoms with van der Waals surface area (Å²) in [7, 11) is 1.09. The molecule has 13 heteroatoms. The number of hydrogen-bond donors (Lipinski definition) is 2. The van der Waals surface area contributed by atoms with Crippen LogP contribution in [0.1, 0.15) is 42.9 Å². The number of aromatic amines is 1. The molecular formula is C33H29N3O10. The van der Waals surface area contributed by atoms with E-state index in [4.69, 9.17) is 18.9 Å². The molecule has 0 bridgehead atoms. The Kier molecular flexibility index (Phi) is 9.53. The van der Waals surface area contributed by atoms with Crippen molar-refractivity contribution in [2.45, 2.75) is 37.5 Å². The third-order valence-corrected chi connectivity index (χ3v) is 7.26. The van der Waals surface area contributed by atoms with Gasteiger partial charge < -0.3 is 24.3 Å². The molecule has 46 heavy (non-hydrogen) atoms. The highest BCUT2D eigenvalue weighted by Crippen LogP contribution is 2.36. The summed E-state index contributed by atoms with van der Waals surface area (Å²) in [4.78, 5) is 80.8. The van der Waals surface area contributed by atoms with Gasteiger partial charge in [-0.15, -0.1) is 0 Å². The maximum absolute atomic E-state index is 13.4. The van der Waals surface area contributed by atoms with Crippen molar-refractivity contribution in [3.63, 3.8) is 0 Å². The van der Waals surface area contributed by atoms with Crippen molar-refractivity contribution in [3.8, 4) is 0 Å². The highest BCUT2D eigenvalue weighted by Gasteiger charge is 2.56. The van der Waals surface area contributed by atoms with E-state index < -0.39 is 65.6 Å². The Balaban J connectivity index is 1.63. The van der Waals surface area contributed by atoms with Crippen molar-refractivity contribution in [1.82, 2.24) is 14.9 Å². The van der Waals surface area contributed by atoms with Crippen LogP contribution in [0.4, 0.5) is 0 Å². The number of esters is 3. The second-order valence-electron chi connectivity index (χ2n) is 10.3. The largest absolute Gasteiger partial charge is 0.467 e. The molecule has 1 aromatic heterocycles. The SMILES string of the molecule is COC(=O)[C@@H](NC(=O)c1ccccc1)[C@H]1O[C@@H](n2cc(C)c(=O)[nH]c2=O)[C@H](OC(=O)c2ccccc2)[C@@H]1OC(=O)c1ccccc1. The fourth-order valence-corrected chi connectivity index (χ4v) is 4.94. The number of H-pyrrole nitrogens is 1. The Bertz CT molecular complexity index is 1840. The van der Waals surface area contributed by atoms with E-state index in [2.05, 4.69) is 10.3 Å². The van der Waals surface area contributed by atoms with Crippen molar-refractivity contribution in [2.75, 3.05) is 7.11 Å². The summed E-state index contributed by atoms with van der Waals surface area (Å²) in [5.41, 5.74) is -1.04. The van der Waals surface area contributed by atoms with Crippen LogP contribution in [-0.2, 0) is 23.7 Å². The van der Waals surface area contributed by atoms with Gasteiger partial charge in [0.1, 0.15) is 6.10 Å². The molecule has 0 unspecified atom stereocenters. The van der Waals surface area contributed by atoms with E-state index in [1.165, 1.54) is 49.5 Å². The molecule has 1 aliphatic rings. The minimum absolute atomic E-state index is 0.111. The van der Waals surface area contributed by atoms with Crippen LogP contribution >= 0.6 is 0 Å². The standard InChI is InChI=1S/C33H29N3O10/c1-19-18-36(33(42)35-27(19)37)29-26(46-31(40)22-16-10-5-11-17-22)25(45-30(39)21-14-8-4-9-15-21)24(44-29)23(32(41)43-2)34-28(38)20-12-6-3-7-13-20/h3-18,23-26,29H,1-2H3,(H,34,38)(H,35,37,42)/t23-,24+,25+,26+,29+/m0/s1. The molecule has 13 nitrogen and oxygen atoms in total. The summed E-state index contributed by atoms with van der Waals surface area (Å²) in [5, 5.41) is 2.57. The normalized spacial score (nSPS) is 19.4. The van der Waals surface area contributed by atoms with Crippen LogP contribution in [0.25, 0.3) is 0 Å². The summed E-state index contributed by atoms with van der Waals surface area (Å²) in [6.07, 6.45) is -5.09. The summed E-state index contributed by atoms with van der Waals surface area (Å²) in [5.74, 6) is -3.40. The average molecular weight is 628 g/mol. The lowest BCUT2D eigenvalue weighted by atomic mass is 10.0. The van der Waals surface area contributed by atoms with Gasteiger partial charge in [-0.3, -0.25) is 19.1 Å². The molecule has 5 rings (SSSR count). The van der Waals surface area contributed by atoms with Gasteiger partial charge in [0.25, 0.3) is 11.5 Å². The van der Waals surface area contributed by atoms with Crippen molar-refractivity contribution >= 4 is 23.8 Å². The van der Waals surface area contributed by atoms with Crippen molar-refractivity contribution < 1.29 is 38.1 Å². The second-order valence-corrected chi connectivity index (χ2v) is 10.3. The number of carbonyl (C=O) groups is 4. The molecule has 1 fully saturated rings. The Morgan fingerprint density at radius 3 is 1.80 bits per heavy atom. The molecule has 2 N–H and O–H groups in total. The number of aromatic nitrogens is 2. The van der Waals surface area contributed by atoms with Crippen LogP contribution in [0, 0.1) is 6.92 Å². The zero-order valence-corrected chi connectivity index (χ0v) is 24.7.